The molecule has 0 heterocycles. The maximum Gasteiger partial charge on any atom is 0.140 e. The number of halogens is 2. The van der Waals surface area contributed by atoms with E-state index in [1.54, 1.807) is 6.07 Å². The molecule has 2 nitrogen and oxygen atoms in total. The van der Waals surface area contributed by atoms with Crippen molar-refractivity contribution in [3.05, 3.63) is 35.1 Å². The molecule has 88 valence electrons. The molecule has 2 atom stereocenters. The molecule has 2 N–H and O–H groups in total. The topological polar surface area (TPSA) is 49.8 Å². The second-order valence-corrected chi connectivity index (χ2v) is 3.76. The van der Waals surface area contributed by atoms with Gasteiger partial charge in [-0.3, -0.25) is 0 Å². The molecule has 0 fully saturated rings. The lowest BCUT2D eigenvalue weighted by atomic mass is 9.92. The van der Waals surface area contributed by atoms with Gasteiger partial charge in [0.25, 0.3) is 0 Å². The molecule has 0 bridgehead atoms. The Labute approximate surface area is 102 Å². The average Bonchev–Trinajstić information content (AvgIpc) is 2.27. The van der Waals surface area contributed by atoms with Crippen LogP contribution in [0.2, 0.25) is 0 Å². The van der Waals surface area contributed by atoms with Crippen molar-refractivity contribution in [1.82, 2.24) is 0 Å². The van der Waals surface area contributed by atoms with Gasteiger partial charge in [0.05, 0.1) is 5.56 Å². The van der Waals surface area contributed by atoms with Gasteiger partial charge in [0.2, 0.25) is 0 Å². The van der Waals surface area contributed by atoms with E-state index >= 15 is 0 Å². The number of hydrogen-bond acceptors (Lipinski definition) is 2. The minimum absolute atomic E-state index is 0. The van der Waals surface area contributed by atoms with Crippen molar-refractivity contribution in [1.29, 1.82) is 5.26 Å². The van der Waals surface area contributed by atoms with Crippen molar-refractivity contribution >= 4 is 12.4 Å². The standard InChI is InChI=1S/C12H15FN2.ClH/c1-3-8(2)12(15)9-4-5-11(13)10(6-9)7-14;/h4-6,8,12H,3,15H2,1-2H3;1H/t8?,12-;/m0./s1. The molecule has 0 radical (unpaired) electrons. The molecular weight excluding hydrogens is 227 g/mol. The van der Waals surface area contributed by atoms with Gasteiger partial charge in [0.15, 0.2) is 0 Å². The molecule has 0 aliphatic heterocycles. The van der Waals surface area contributed by atoms with E-state index in [1.807, 2.05) is 13.0 Å². The van der Waals surface area contributed by atoms with Crippen LogP contribution in [0.5, 0.6) is 0 Å². The van der Waals surface area contributed by atoms with Crippen LogP contribution in [0.4, 0.5) is 4.39 Å². The molecule has 4 heteroatoms. The molecule has 1 aromatic carbocycles. The molecule has 0 saturated carbocycles. The summed E-state index contributed by atoms with van der Waals surface area (Å²) in [5.41, 5.74) is 6.87. The molecule has 0 aliphatic rings. The van der Waals surface area contributed by atoms with Gasteiger partial charge in [0, 0.05) is 6.04 Å². The van der Waals surface area contributed by atoms with Crippen molar-refractivity contribution < 1.29 is 4.39 Å². The summed E-state index contributed by atoms with van der Waals surface area (Å²) < 4.78 is 13.1. The van der Waals surface area contributed by atoms with E-state index in [4.69, 9.17) is 11.0 Å². The Kier molecular flexibility index (Phi) is 6.02. The zero-order valence-electron chi connectivity index (χ0n) is 9.40. The minimum atomic E-state index is -0.488. The van der Waals surface area contributed by atoms with E-state index in [2.05, 4.69) is 6.92 Å². The maximum absolute atomic E-state index is 13.1. The highest BCUT2D eigenvalue weighted by atomic mass is 35.5. The zero-order chi connectivity index (χ0) is 11.4. The van der Waals surface area contributed by atoms with Crippen molar-refractivity contribution in [2.45, 2.75) is 26.3 Å². The predicted molar refractivity (Wildman–Crippen MR) is 64.7 cm³/mol. The molecule has 0 aromatic heterocycles. The summed E-state index contributed by atoms with van der Waals surface area (Å²) in [7, 11) is 0. The number of nitrogens with zero attached hydrogens (tertiary/aromatic N) is 1. The average molecular weight is 243 g/mol. The van der Waals surface area contributed by atoms with E-state index in [1.165, 1.54) is 12.1 Å². The maximum atomic E-state index is 13.1. The fourth-order valence-corrected chi connectivity index (χ4v) is 1.42. The Bertz CT molecular complexity index is 387. The van der Waals surface area contributed by atoms with E-state index in [9.17, 15) is 4.39 Å². The first kappa shape index (κ1) is 14.9. The molecule has 1 rings (SSSR count). The van der Waals surface area contributed by atoms with E-state index < -0.39 is 5.82 Å². The third-order valence-corrected chi connectivity index (χ3v) is 2.75. The Morgan fingerprint density at radius 2 is 2.12 bits per heavy atom. The largest absolute Gasteiger partial charge is 0.324 e. The Hall–Kier alpha value is -1.11. The van der Waals surface area contributed by atoms with Gasteiger partial charge in [-0.1, -0.05) is 26.3 Å². The smallest absolute Gasteiger partial charge is 0.140 e. The lowest BCUT2D eigenvalue weighted by Crippen LogP contribution is -2.18. The number of benzene rings is 1. The molecule has 0 saturated heterocycles. The lowest BCUT2D eigenvalue weighted by molar-refractivity contribution is 0.456. The van der Waals surface area contributed by atoms with Gasteiger partial charge >= 0.3 is 0 Å². The first-order chi connectivity index (χ1) is 7.10. The van der Waals surface area contributed by atoms with E-state index in [0.717, 1.165) is 12.0 Å². The second kappa shape index (κ2) is 6.47. The van der Waals surface area contributed by atoms with Crippen LogP contribution in [-0.4, -0.2) is 0 Å². The van der Waals surface area contributed by atoms with Crippen molar-refractivity contribution in [2.24, 2.45) is 11.7 Å². The van der Waals surface area contributed by atoms with Crippen LogP contribution >= 0.6 is 12.4 Å². The van der Waals surface area contributed by atoms with E-state index in [0.29, 0.717) is 5.92 Å². The third kappa shape index (κ3) is 3.19. The lowest BCUT2D eigenvalue weighted by Gasteiger charge is -2.18. The highest BCUT2D eigenvalue weighted by Gasteiger charge is 2.14. The summed E-state index contributed by atoms with van der Waals surface area (Å²) in [5.74, 6) is -0.167. The predicted octanol–water partition coefficient (Wildman–Crippen LogP) is 3.17. The minimum Gasteiger partial charge on any atom is -0.324 e. The van der Waals surface area contributed by atoms with Crippen LogP contribution in [0.15, 0.2) is 18.2 Å². The first-order valence-electron chi connectivity index (χ1n) is 5.05. The summed E-state index contributed by atoms with van der Waals surface area (Å²) in [4.78, 5) is 0. The zero-order valence-corrected chi connectivity index (χ0v) is 10.2. The molecular formula is C12H16ClFN2. The van der Waals surface area contributed by atoms with Gasteiger partial charge in [-0.05, 0) is 23.6 Å². The first-order valence-corrected chi connectivity index (χ1v) is 5.05. The Balaban J connectivity index is 0.00000225. The summed E-state index contributed by atoms with van der Waals surface area (Å²) >= 11 is 0. The normalized spacial score (nSPS) is 13.4. The molecule has 16 heavy (non-hydrogen) atoms. The molecule has 0 aliphatic carbocycles. The van der Waals surface area contributed by atoms with Gasteiger partial charge in [-0.2, -0.15) is 5.26 Å². The van der Waals surface area contributed by atoms with Crippen LogP contribution in [-0.2, 0) is 0 Å². The molecule has 1 unspecified atom stereocenters. The summed E-state index contributed by atoms with van der Waals surface area (Å²) in [6.07, 6.45) is 0.959. The van der Waals surface area contributed by atoms with Crippen LogP contribution in [0, 0.1) is 23.1 Å². The monoisotopic (exact) mass is 242 g/mol. The fourth-order valence-electron chi connectivity index (χ4n) is 1.42. The van der Waals surface area contributed by atoms with Crippen LogP contribution in [0.3, 0.4) is 0 Å². The van der Waals surface area contributed by atoms with Crippen LogP contribution in [0.25, 0.3) is 0 Å². The van der Waals surface area contributed by atoms with Gasteiger partial charge < -0.3 is 5.73 Å². The highest BCUT2D eigenvalue weighted by Crippen LogP contribution is 2.23. The SMILES string of the molecule is CCC(C)[C@H](N)c1ccc(F)c(C#N)c1.Cl. The van der Waals surface area contributed by atoms with Crippen molar-refractivity contribution in [3.63, 3.8) is 0 Å². The summed E-state index contributed by atoms with van der Waals surface area (Å²) in [5, 5.41) is 8.69. The number of nitrogens with two attached hydrogens (primary N) is 1. The van der Waals surface area contributed by atoms with Gasteiger partial charge in [0.1, 0.15) is 11.9 Å². The van der Waals surface area contributed by atoms with E-state index in [-0.39, 0.29) is 24.0 Å². The number of nitriles is 1. The number of hydrogen-bond donors (Lipinski definition) is 1. The molecule has 0 amide bonds. The van der Waals surface area contributed by atoms with Crippen molar-refractivity contribution in [3.8, 4) is 6.07 Å². The summed E-state index contributed by atoms with van der Waals surface area (Å²) in [6.45, 7) is 4.10. The van der Waals surface area contributed by atoms with Crippen LogP contribution < -0.4 is 5.73 Å². The summed E-state index contributed by atoms with van der Waals surface area (Å²) in [6, 6.07) is 6.16. The molecule has 0 spiro atoms. The second-order valence-electron chi connectivity index (χ2n) is 3.76. The number of rotatable bonds is 3. The van der Waals surface area contributed by atoms with Gasteiger partial charge in [-0.15, -0.1) is 12.4 Å². The third-order valence-electron chi connectivity index (χ3n) is 2.75. The quantitative estimate of drug-likeness (QED) is 0.885. The Morgan fingerprint density at radius 1 is 1.50 bits per heavy atom. The highest BCUT2D eigenvalue weighted by molar-refractivity contribution is 5.85. The fraction of sp³-hybridized carbons (Fsp3) is 0.417. The Morgan fingerprint density at radius 3 is 2.62 bits per heavy atom. The van der Waals surface area contributed by atoms with Crippen LogP contribution in [0.1, 0.15) is 37.4 Å². The van der Waals surface area contributed by atoms with Gasteiger partial charge in [-0.25, -0.2) is 4.39 Å². The molecule has 1 aromatic rings. The van der Waals surface area contributed by atoms with Crippen molar-refractivity contribution in [2.75, 3.05) is 0 Å².